The summed E-state index contributed by atoms with van der Waals surface area (Å²) in [7, 11) is 0. The van der Waals surface area contributed by atoms with Crippen molar-refractivity contribution in [2.75, 3.05) is 13.1 Å². The Morgan fingerprint density at radius 1 is 0.484 bits per heavy atom. The van der Waals surface area contributed by atoms with Crippen LogP contribution in [0.25, 0.3) is 0 Å². The number of aliphatic carboxylic acids is 3. The fraction of sp³-hybridized carbons (Fsp3) is 0.657. The molecule has 0 aliphatic heterocycles. The van der Waals surface area contributed by atoms with E-state index in [-0.39, 0.29) is 51.2 Å². The van der Waals surface area contributed by atoms with Gasteiger partial charge in [-0.3, -0.25) is 52.9 Å². The number of carbonyl (C=O) groups is 11. The van der Waals surface area contributed by atoms with Crippen molar-refractivity contribution in [3.05, 3.63) is 0 Å². The number of primary amides is 2. The molecule has 0 aliphatic carbocycles. The van der Waals surface area contributed by atoms with Gasteiger partial charge in [-0.1, -0.05) is 0 Å². The number of carbonyl (C=O) groups excluding carboxylic acids is 8. The first-order valence-electron chi connectivity index (χ1n) is 19.5. The molecule has 0 fully saturated rings. The normalized spacial score (nSPS) is 14.1. The van der Waals surface area contributed by atoms with Gasteiger partial charge in [0, 0.05) is 32.2 Å². The molecule has 62 heavy (non-hydrogen) atoms. The number of carboxylic acids is 3. The highest BCUT2D eigenvalue weighted by molar-refractivity contribution is 5.97. The van der Waals surface area contributed by atoms with E-state index < -0.39 is 146 Å². The Balaban J connectivity index is 6.23. The van der Waals surface area contributed by atoms with E-state index in [2.05, 4.69) is 36.9 Å². The zero-order valence-electron chi connectivity index (χ0n) is 34.4. The minimum Gasteiger partial charge on any atom is -0.481 e. The summed E-state index contributed by atoms with van der Waals surface area (Å²) in [6, 6.07) is -10.5. The Labute approximate surface area is 356 Å². The molecule has 7 atom stereocenters. The Morgan fingerprint density at radius 3 is 1.31 bits per heavy atom. The third-order valence-electron chi connectivity index (χ3n) is 8.80. The standard InChI is InChI=1S/C35H61N13O14/c1-17(28(55)44-19(5-2-3-15-36)31(58)48-23(34(61)62)6-4-16-42-35(40)41)43-30(57)21(9-13-26(51)52)47-32(59)20(8-12-25(39)50)46-33(60)22(10-14-27(53)54)45-29(56)18(37)7-11-24(38)49/h17-23H,2-16,36-37H2,1H3,(H2,38,49)(H2,39,50)(H,43,57)(H,44,55)(H,45,56)(H,46,60)(H,47,59)(H,48,58)(H,51,52)(H,53,54)(H,61,62)(H4,40,41,42)/t17-,18-,19-,20-,21-,22-,23-/m0/s1. The average molecular weight is 888 g/mol. The second kappa shape index (κ2) is 29.6. The first-order chi connectivity index (χ1) is 29.0. The van der Waals surface area contributed by atoms with Gasteiger partial charge in [-0.15, -0.1) is 0 Å². The SMILES string of the molecule is C[C@H](NC(=O)[C@H](CCC(=O)O)NC(=O)[C@H](CCC(N)=O)NC(=O)[C@H](CCC(=O)O)NC(=O)[C@@H](N)CCC(N)=O)C(=O)N[C@@H](CCCCN)C(=O)N[C@@H](CCCN=C(N)N)C(=O)O. The Hall–Kier alpha value is -6.64. The van der Waals surface area contributed by atoms with E-state index >= 15 is 0 Å². The van der Waals surface area contributed by atoms with Gasteiger partial charge in [0.05, 0.1) is 6.04 Å². The summed E-state index contributed by atoms with van der Waals surface area (Å²) in [6.07, 6.45) is -3.08. The molecule has 0 aliphatic rings. The molecule has 0 heterocycles. The summed E-state index contributed by atoms with van der Waals surface area (Å²) >= 11 is 0. The number of carboxylic acid groups (broad SMARTS) is 3. The molecule has 27 nitrogen and oxygen atoms in total. The third kappa shape index (κ3) is 24.4. The molecule has 350 valence electrons. The van der Waals surface area contributed by atoms with Crippen molar-refractivity contribution in [1.82, 2.24) is 31.9 Å². The van der Waals surface area contributed by atoms with E-state index in [1.165, 1.54) is 6.92 Å². The van der Waals surface area contributed by atoms with Gasteiger partial charge in [-0.05, 0) is 71.3 Å². The molecule has 27 heteroatoms. The van der Waals surface area contributed by atoms with Gasteiger partial charge < -0.3 is 81.6 Å². The maximum absolute atomic E-state index is 13.6. The van der Waals surface area contributed by atoms with Crippen LogP contribution >= 0.6 is 0 Å². The van der Waals surface area contributed by atoms with Crippen LogP contribution < -0.4 is 66.3 Å². The third-order valence-corrected chi connectivity index (χ3v) is 8.80. The Bertz CT molecular complexity index is 1630. The van der Waals surface area contributed by atoms with Crippen LogP contribution in [0.4, 0.5) is 0 Å². The average Bonchev–Trinajstić information content (AvgIpc) is 3.18. The highest BCUT2D eigenvalue weighted by atomic mass is 16.4. The number of amides is 8. The number of rotatable bonds is 33. The number of unbranched alkanes of at least 4 members (excludes halogenated alkanes) is 1. The first-order valence-corrected chi connectivity index (χ1v) is 19.5. The second-order valence-corrected chi connectivity index (χ2v) is 14.1. The van der Waals surface area contributed by atoms with Crippen LogP contribution in [0.15, 0.2) is 4.99 Å². The van der Waals surface area contributed by atoms with Crippen molar-refractivity contribution in [2.24, 2.45) is 39.4 Å². The molecule has 0 aromatic heterocycles. The molecule has 0 bridgehead atoms. The highest BCUT2D eigenvalue weighted by Crippen LogP contribution is 2.08. The number of nitrogens with one attached hydrogen (secondary N) is 6. The molecule has 0 aromatic rings. The molecule has 0 spiro atoms. The minimum atomic E-state index is -1.70. The van der Waals surface area contributed by atoms with Gasteiger partial charge in [0.1, 0.15) is 36.3 Å². The second-order valence-electron chi connectivity index (χ2n) is 14.1. The summed E-state index contributed by atoms with van der Waals surface area (Å²) in [5.41, 5.74) is 32.2. The summed E-state index contributed by atoms with van der Waals surface area (Å²) in [5, 5.41) is 42.1. The predicted octanol–water partition coefficient (Wildman–Crippen LogP) is -6.23. The minimum absolute atomic E-state index is 0.00836. The number of hydrogen-bond donors (Lipinski definition) is 15. The van der Waals surface area contributed by atoms with E-state index in [9.17, 15) is 68.1 Å². The van der Waals surface area contributed by atoms with Crippen LogP contribution in [-0.2, 0) is 52.7 Å². The molecule has 0 aromatic carbocycles. The van der Waals surface area contributed by atoms with Crippen LogP contribution in [0.3, 0.4) is 0 Å². The molecule has 0 rings (SSSR count). The first kappa shape index (κ1) is 55.4. The summed E-state index contributed by atoms with van der Waals surface area (Å²) in [5.74, 6) is -12.2. The molecule has 0 saturated carbocycles. The van der Waals surface area contributed by atoms with E-state index in [1.807, 2.05) is 0 Å². The Kier molecular flexibility index (Phi) is 26.4. The maximum atomic E-state index is 13.6. The zero-order chi connectivity index (χ0) is 47.5. The quantitative estimate of drug-likeness (QED) is 0.0166. The van der Waals surface area contributed by atoms with Crippen LogP contribution in [0, 0.1) is 0 Å². The zero-order valence-corrected chi connectivity index (χ0v) is 34.4. The van der Waals surface area contributed by atoms with Crippen molar-refractivity contribution in [2.45, 2.75) is 133 Å². The molecular formula is C35H61N13O14. The monoisotopic (exact) mass is 887 g/mol. The lowest BCUT2D eigenvalue weighted by molar-refractivity contribution is -0.142. The van der Waals surface area contributed by atoms with Gasteiger partial charge in [-0.25, -0.2) is 4.79 Å². The van der Waals surface area contributed by atoms with Crippen LogP contribution in [-0.4, -0.2) is 142 Å². The van der Waals surface area contributed by atoms with E-state index in [1.54, 1.807) is 0 Å². The van der Waals surface area contributed by atoms with E-state index in [0.29, 0.717) is 12.8 Å². The largest absolute Gasteiger partial charge is 0.481 e. The van der Waals surface area contributed by atoms with Crippen LogP contribution in [0.5, 0.6) is 0 Å². The van der Waals surface area contributed by atoms with Crippen molar-refractivity contribution >= 4 is 71.1 Å². The summed E-state index contributed by atoms with van der Waals surface area (Å²) in [4.78, 5) is 141. The van der Waals surface area contributed by atoms with Crippen molar-refractivity contribution in [3.63, 3.8) is 0 Å². The van der Waals surface area contributed by atoms with Gasteiger partial charge in [-0.2, -0.15) is 0 Å². The molecule has 0 radical (unpaired) electrons. The van der Waals surface area contributed by atoms with Gasteiger partial charge in [0.2, 0.25) is 47.3 Å². The fourth-order valence-electron chi connectivity index (χ4n) is 5.35. The topological polar surface area (TPSA) is 489 Å². The van der Waals surface area contributed by atoms with Crippen molar-refractivity contribution in [3.8, 4) is 0 Å². The van der Waals surface area contributed by atoms with Gasteiger partial charge in [0.15, 0.2) is 5.96 Å². The van der Waals surface area contributed by atoms with E-state index in [0.717, 1.165) is 0 Å². The number of nitrogens with zero attached hydrogens (tertiary/aromatic N) is 1. The number of aliphatic imine (C=N–C) groups is 1. The number of hydrogen-bond acceptors (Lipinski definition) is 14. The predicted molar refractivity (Wildman–Crippen MR) is 216 cm³/mol. The van der Waals surface area contributed by atoms with Crippen LogP contribution in [0.2, 0.25) is 0 Å². The molecule has 0 saturated heterocycles. The van der Waals surface area contributed by atoms with Crippen LogP contribution in [0.1, 0.15) is 90.4 Å². The summed E-state index contributed by atoms with van der Waals surface area (Å²) in [6.45, 7) is 1.52. The van der Waals surface area contributed by atoms with Crippen molar-refractivity contribution in [1.29, 1.82) is 0 Å². The molecule has 0 unspecified atom stereocenters. The van der Waals surface area contributed by atoms with E-state index in [4.69, 9.17) is 34.4 Å². The van der Waals surface area contributed by atoms with Gasteiger partial charge in [0.25, 0.3) is 0 Å². The lowest BCUT2D eigenvalue weighted by atomic mass is 10.0. The lowest BCUT2D eigenvalue weighted by Crippen LogP contribution is -2.59. The molecule has 8 amide bonds. The number of nitrogens with two attached hydrogens (primary N) is 6. The molecular weight excluding hydrogens is 826 g/mol. The maximum Gasteiger partial charge on any atom is 0.326 e. The van der Waals surface area contributed by atoms with Crippen molar-refractivity contribution < 1.29 is 68.1 Å². The highest BCUT2D eigenvalue weighted by Gasteiger charge is 2.33. The number of guanidine groups is 1. The lowest BCUT2D eigenvalue weighted by Gasteiger charge is -2.26. The smallest absolute Gasteiger partial charge is 0.326 e. The Morgan fingerprint density at radius 2 is 0.871 bits per heavy atom. The summed E-state index contributed by atoms with van der Waals surface area (Å²) < 4.78 is 0. The molecule has 21 N–H and O–H groups in total. The fourth-order valence-corrected chi connectivity index (χ4v) is 5.35. The van der Waals surface area contributed by atoms with Gasteiger partial charge >= 0.3 is 17.9 Å².